The molecule has 0 aliphatic carbocycles. The third-order valence-electron chi connectivity index (χ3n) is 14.4. The molecule has 0 unspecified atom stereocenters. The number of imide groups is 2. The zero-order valence-electron chi connectivity index (χ0n) is 37.6. The number of nitrogens with zero attached hydrogens (tertiary/aromatic N) is 2. The van der Waals surface area contributed by atoms with Crippen molar-refractivity contribution in [3.63, 3.8) is 0 Å². The normalized spacial score (nSPS) is 13.9. The topological polar surface area (TPSA) is 74.8 Å². The molecule has 0 bridgehead atoms. The van der Waals surface area contributed by atoms with Crippen molar-refractivity contribution in [2.45, 2.75) is 65.5 Å². The van der Waals surface area contributed by atoms with Crippen molar-refractivity contribution in [1.29, 1.82) is 0 Å². The Bertz CT molecular complexity index is 3160. The number of carbonyl (C=O) groups is 4. The van der Waals surface area contributed by atoms with Gasteiger partial charge in [0.05, 0.1) is 22.3 Å². The zero-order chi connectivity index (χ0) is 47.4. The van der Waals surface area contributed by atoms with Crippen LogP contribution in [0.15, 0.2) is 139 Å². The average molecular weight is 1150 g/mol. The summed E-state index contributed by atoms with van der Waals surface area (Å²) in [6.07, 6.45) is 2.42. The molecule has 0 N–H and O–H groups in total. The number of carbonyl (C=O) groups excluding carboxylic acids is 4. The summed E-state index contributed by atoms with van der Waals surface area (Å²) in [4.78, 5) is 65.3. The minimum atomic E-state index is -0.325. The fraction of sp³-hybridized carbons (Fsp3) is 0.172. The lowest BCUT2D eigenvalue weighted by Crippen LogP contribution is -2.47. The Hall–Kier alpha value is -5.52. The summed E-state index contributed by atoms with van der Waals surface area (Å²) in [7, 11) is 0. The van der Waals surface area contributed by atoms with Gasteiger partial charge in [0.15, 0.2) is 0 Å². The smallest absolute Gasteiger partial charge is 0.262 e. The van der Waals surface area contributed by atoms with E-state index in [1.54, 1.807) is 0 Å². The highest BCUT2D eigenvalue weighted by molar-refractivity contribution is 9.11. The van der Waals surface area contributed by atoms with E-state index in [9.17, 15) is 0 Å². The standard InChI is InChI=1S/C58H42Br4N2O4/c1-5-37(6-2)63-55(65)49-39(29-9-17-33(59)18-10-29)25-43-45-27-41(31-13-21-35(61)22-14-31)51-54-48(45)46(44-26-40(30-11-19-34(60)20-12-30)50(56(63)66)53(49)47(43)44)28-42(32-15-23-36(62)24-16-32)52(54)58(68)64(57(51)67)38(7-3)8-4/h9-28,37-38H,5-8H2,1-4H3. The van der Waals surface area contributed by atoms with Gasteiger partial charge in [0, 0.05) is 40.7 Å². The lowest BCUT2D eigenvalue weighted by molar-refractivity contribution is 0.0515. The summed E-state index contributed by atoms with van der Waals surface area (Å²) in [5.41, 5.74) is 8.00. The Kier molecular flexibility index (Phi) is 11.3. The maximum Gasteiger partial charge on any atom is 0.262 e. The predicted octanol–water partition coefficient (Wildman–Crippen LogP) is 17.0. The second-order valence-electron chi connectivity index (χ2n) is 17.8. The molecule has 2 aliphatic rings. The van der Waals surface area contributed by atoms with Crippen molar-refractivity contribution in [3.8, 4) is 44.5 Å². The lowest BCUT2D eigenvalue weighted by Gasteiger charge is -2.37. The molecule has 9 aromatic rings. The molecule has 0 fully saturated rings. The van der Waals surface area contributed by atoms with Crippen LogP contribution >= 0.6 is 63.7 Å². The van der Waals surface area contributed by atoms with E-state index in [1.165, 1.54) is 9.80 Å². The monoisotopic (exact) mass is 1150 g/mol. The van der Waals surface area contributed by atoms with E-state index >= 15 is 19.2 Å². The van der Waals surface area contributed by atoms with Crippen LogP contribution in [0.4, 0.5) is 0 Å². The van der Waals surface area contributed by atoms with E-state index in [0.717, 1.165) is 72.5 Å². The number of benzene rings is 9. The summed E-state index contributed by atoms with van der Waals surface area (Å²) in [6.45, 7) is 8.10. The fourth-order valence-corrected chi connectivity index (χ4v) is 12.1. The van der Waals surface area contributed by atoms with Crippen LogP contribution in [0.5, 0.6) is 0 Å². The Morgan fingerprint density at radius 2 is 0.544 bits per heavy atom. The van der Waals surface area contributed by atoms with E-state index in [4.69, 9.17) is 0 Å². The Morgan fingerprint density at radius 3 is 0.735 bits per heavy atom. The van der Waals surface area contributed by atoms with Crippen molar-refractivity contribution in [2.24, 2.45) is 0 Å². The molecule has 2 heterocycles. The Balaban J connectivity index is 1.44. The van der Waals surface area contributed by atoms with Crippen molar-refractivity contribution in [2.75, 3.05) is 0 Å². The maximum atomic E-state index is 15.6. The number of amides is 4. The zero-order valence-corrected chi connectivity index (χ0v) is 43.9. The van der Waals surface area contributed by atoms with Gasteiger partial charge in [-0.2, -0.15) is 0 Å². The molecule has 4 amide bonds. The van der Waals surface area contributed by atoms with Crippen molar-refractivity contribution < 1.29 is 19.2 Å². The van der Waals surface area contributed by atoms with Gasteiger partial charge in [-0.1, -0.05) is 140 Å². The fourth-order valence-electron chi connectivity index (χ4n) is 11.1. The second kappa shape index (κ2) is 17.2. The molecule has 6 nitrogen and oxygen atoms in total. The molecule has 2 aliphatic heterocycles. The predicted molar refractivity (Wildman–Crippen MR) is 290 cm³/mol. The number of fused-ring (bicyclic) bond motifs is 2. The van der Waals surface area contributed by atoms with E-state index in [2.05, 4.69) is 88.0 Å². The van der Waals surface area contributed by atoms with Crippen LogP contribution in [-0.2, 0) is 0 Å². The Labute approximate surface area is 427 Å². The van der Waals surface area contributed by atoms with Crippen LogP contribution in [0.2, 0.25) is 0 Å². The molecular formula is C58H42Br4N2O4. The van der Waals surface area contributed by atoms with Crippen molar-refractivity contribution >= 4 is 130 Å². The lowest BCUT2D eigenvalue weighted by atomic mass is 9.75. The second-order valence-corrected chi connectivity index (χ2v) is 21.5. The molecule has 336 valence electrons. The molecule has 68 heavy (non-hydrogen) atoms. The number of hydrogen-bond acceptors (Lipinski definition) is 4. The molecule has 9 aromatic carbocycles. The van der Waals surface area contributed by atoms with Gasteiger partial charge < -0.3 is 0 Å². The molecule has 0 atom stereocenters. The van der Waals surface area contributed by atoms with Crippen molar-refractivity contribution in [1.82, 2.24) is 9.80 Å². The first kappa shape index (κ1) is 45.0. The van der Waals surface area contributed by atoms with Gasteiger partial charge in [-0.15, -0.1) is 0 Å². The molecule has 0 saturated carbocycles. The van der Waals surface area contributed by atoms with Gasteiger partial charge in [-0.3, -0.25) is 29.0 Å². The maximum absolute atomic E-state index is 15.6. The summed E-state index contributed by atoms with van der Waals surface area (Å²) in [6, 6.07) is 39.6. The molecule has 0 radical (unpaired) electrons. The van der Waals surface area contributed by atoms with Gasteiger partial charge in [0.2, 0.25) is 0 Å². The van der Waals surface area contributed by atoms with Crippen LogP contribution < -0.4 is 0 Å². The van der Waals surface area contributed by atoms with Crippen LogP contribution in [0.25, 0.3) is 87.6 Å². The first-order valence-corrected chi connectivity index (χ1v) is 26.2. The summed E-state index contributed by atoms with van der Waals surface area (Å²) in [5.74, 6) is -1.28. The number of hydrogen-bond donors (Lipinski definition) is 0. The van der Waals surface area contributed by atoms with Crippen LogP contribution in [0.1, 0.15) is 94.8 Å². The summed E-state index contributed by atoms with van der Waals surface area (Å²) in [5, 5.41) is 6.06. The van der Waals surface area contributed by atoms with Gasteiger partial charge in [-0.05, 0) is 175 Å². The number of halogens is 4. The minimum absolute atomic E-state index is 0.320. The van der Waals surface area contributed by atoms with Crippen molar-refractivity contribution in [3.05, 3.63) is 161 Å². The largest absolute Gasteiger partial charge is 0.271 e. The summed E-state index contributed by atoms with van der Waals surface area (Å²) < 4.78 is 3.57. The quantitative estimate of drug-likeness (QED) is 0.0777. The molecule has 11 rings (SSSR count). The summed E-state index contributed by atoms with van der Waals surface area (Å²) >= 11 is 14.6. The van der Waals surface area contributed by atoms with Crippen LogP contribution in [-0.4, -0.2) is 45.5 Å². The van der Waals surface area contributed by atoms with E-state index < -0.39 is 0 Å². The van der Waals surface area contributed by atoms with Gasteiger partial charge in [0.25, 0.3) is 23.6 Å². The van der Waals surface area contributed by atoms with Crippen LogP contribution in [0, 0.1) is 0 Å². The molecule has 10 heteroatoms. The molecule has 0 spiro atoms. The van der Waals surface area contributed by atoms with Crippen LogP contribution in [0.3, 0.4) is 0 Å². The average Bonchev–Trinajstić information content (AvgIpc) is 3.34. The highest BCUT2D eigenvalue weighted by atomic mass is 79.9. The highest BCUT2D eigenvalue weighted by Crippen LogP contribution is 2.54. The van der Waals surface area contributed by atoms with E-state index in [1.807, 2.05) is 125 Å². The molecular weight excluding hydrogens is 1110 g/mol. The number of rotatable bonds is 10. The molecule has 0 saturated heterocycles. The minimum Gasteiger partial charge on any atom is -0.271 e. The molecule has 0 aromatic heterocycles. The third kappa shape index (κ3) is 6.72. The van der Waals surface area contributed by atoms with E-state index in [-0.39, 0.29) is 35.7 Å². The van der Waals surface area contributed by atoms with Gasteiger partial charge >= 0.3 is 0 Å². The highest BCUT2D eigenvalue weighted by Gasteiger charge is 2.44. The van der Waals surface area contributed by atoms with Gasteiger partial charge in [0.1, 0.15) is 0 Å². The first-order valence-electron chi connectivity index (χ1n) is 23.0. The Morgan fingerprint density at radius 1 is 0.338 bits per heavy atom. The van der Waals surface area contributed by atoms with E-state index in [0.29, 0.717) is 81.0 Å². The first-order chi connectivity index (χ1) is 32.9. The SMILES string of the molecule is CCC(CC)N1C(=O)c2c(-c3ccc(Br)cc3)cc3c4cc(-c5ccc(Br)cc5)c5c6c(c(-c7ccc(Br)cc7)cc(c7cc(-c8ccc(Br)cc8)c(c2c37)C1=O)c64)C(=O)N(C(CC)CC)C5=O. The third-order valence-corrected chi connectivity index (χ3v) is 16.5. The van der Waals surface area contributed by atoms with Gasteiger partial charge in [-0.25, -0.2) is 0 Å².